The fourth-order valence-corrected chi connectivity index (χ4v) is 5.79. The van der Waals surface area contributed by atoms with Crippen molar-refractivity contribution < 1.29 is 77.2 Å². The van der Waals surface area contributed by atoms with Gasteiger partial charge in [0, 0.05) is 0 Å². The van der Waals surface area contributed by atoms with Gasteiger partial charge in [0.15, 0.2) is 0 Å². The summed E-state index contributed by atoms with van der Waals surface area (Å²) in [7, 11) is 0. The molecule has 0 nitrogen and oxygen atoms in total. The van der Waals surface area contributed by atoms with Crippen molar-refractivity contribution in [1.29, 1.82) is 0 Å². The Bertz CT molecular complexity index is 1520. The molecular formula is C36H26Cl2Zr2. The number of hydrogen-bond acceptors (Lipinski definition) is 0. The third-order valence-electron chi connectivity index (χ3n) is 7.64. The molecule has 4 aliphatic carbocycles. The van der Waals surface area contributed by atoms with Crippen LogP contribution in [0.3, 0.4) is 0 Å². The van der Waals surface area contributed by atoms with E-state index in [2.05, 4.69) is 121 Å². The van der Waals surface area contributed by atoms with Gasteiger partial charge in [0.05, 0.1) is 0 Å². The summed E-state index contributed by atoms with van der Waals surface area (Å²) in [5.41, 5.74) is 16.3. The normalized spacial score (nSPS) is 13.9. The minimum absolute atomic E-state index is 0. The van der Waals surface area contributed by atoms with Gasteiger partial charge in [-0.1, -0.05) is 95.1 Å². The summed E-state index contributed by atoms with van der Waals surface area (Å²) in [6.45, 7) is 0. The monoisotopic (exact) mass is 708 g/mol. The van der Waals surface area contributed by atoms with Gasteiger partial charge in [-0.2, -0.15) is 0 Å². The summed E-state index contributed by atoms with van der Waals surface area (Å²) in [6.07, 6.45) is 17.2. The third kappa shape index (κ3) is 6.32. The number of rotatable bonds is 2. The zero-order chi connectivity index (χ0) is 23.9. The first kappa shape index (κ1) is 32.7. The first-order valence-corrected chi connectivity index (χ1v) is 12.8. The Morgan fingerprint density at radius 3 is 1.30 bits per heavy atom. The quantitative estimate of drug-likeness (QED) is 0.243. The molecule has 0 saturated carbocycles. The van der Waals surface area contributed by atoms with E-state index in [1.807, 2.05) is 0 Å². The van der Waals surface area contributed by atoms with E-state index in [0.717, 1.165) is 25.7 Å². The second kappa shape index (κ2) is 14.4. The molecule has 0 unspecified atom stereocenters. The molecule has 192 valence electrons. The van der Waals surface area contributed by atoms with Gasteiger partial charge in [-0.25, -0.2) is 0 Å². The molecule has 0 spiro atoms. The summed E-state index contributed by atoms with van der Waals surface area (Å²) < 4.78 is 0. The van der Waals surface area contributed by atoms with Crippen LogP contribution in [0.1, 0.15) is 46.2 Å². The number of fused-ring (bicyclic) bond motifs is 6. The largest absolute Gasteiger partial charge is 2.00 e. The average molecular weight is 712 g/mol. The maximum atomic E-state index is 3.61. The van der Waals surface area contributed by atoms with Crippen molar-refractivity contribution in [3.63, 3.8) is 0 Å². The van der Waals surface area contributed by atoms with E-state index < -0.39 is 0 Å². The molecule has 0 radical (unpaired) electrons. The van der Waals surface area contributed by atoms with Gasteiger partial charge in [0.2, 0.25) is 0 Å². The Labute approximate surface area is 288 Å². The zero-order valence-electron chi connectivity index (χ0n) is 22.0. The van der Waals surface area contributed by atoms with Crippen LogP contribution in [0, 0.1) is 12.1 Å². The molecular weight excluding hydrogens is 686 g/mol. The number of allylic oxidation sites excluding steroid dienone is 8. The Morgan fingerprint density at radius 2 is 0.900 bits per heavy atom. The van der Waals surface area contributed by atoms with Crippen molar-refractivity contribution in [1.82, 2.24) is 0 Å². The molecule has 0 N–H and O–H groups in total. The van der Waals surface area contributed by atoms with Crippen molar-refractivity contribution >= 4 is 11.1 Å². The first-order chi connectivity index (χ1) is 17.8. The smallest absolute Gasteiger partial charge is 1.00 e. The van der Waals surface area contributed by atoms with Crippen molar-refractivity contribution in [3.05, 3.63) is 155 Å². The molecule has 4 heteroatoms. The van der Waals surface area contributed by atoms with Crippen LogP contribution in [-0.4, -0.2) is 0 Å². The van der Waals surface area contributed by atoms with Crippen LogP contribution in [0.25, 0.3) is 33.4 Å². The fraction of sp³-hybridized carbons (Fsp3) is 0.111. The molecule has 0 bridgehead atoms. The predicted molar refractivity (Wildman–Crippen MR) is 151 cm³/mol. The molecule has 0 saturated heterocycles. The number of halogens is 2. The van der Waals surface area contributed by atoms with Crippen LogP contribution in [0.2, 0.25) is 0 Å². The van der Waals surface area contributed by atoms with Crippen LogP contribution in [-0.2, 0) is 65.2 Å². The topological polar surface area (TPSA) is 0 Å². The number of benzene rings is 4. The average Bonchev–Trinajstić information content (AvgIpc) is 3.73. The molecule has 0 fully saturated rings. The van der Waals surface area contributed by atoms with E-state index in [-0.39, 0.29) is 77.2 Å². The second-order valence-electron chi connectivity index (χ2n) is 9.84. The van der Waals surface area contributed by atoms with E-state index in [0.29, 0.717) is 0 Å². The predicted octanol–water partition coefficient (Wildman–Crippen LogP) is 2.81. The van der Waals surface area contributed by atoms with Crippen LogP contribution in [0.5, 0.6) is 0 Å². The molecule has 0 amide bonds. The van der Waals surface area contributed by atoms with E-state index >= 15 is 0 Å². The minimum Gasteiger partial charge on any atom is -1.00 e. The zero-order valence-corrected chi connectivity index (χ0v) is 28.4. The van der Waals surface area contributed by atoms with E-state index in [4.69, 9.17) is 0 Å². The molecule has 4 aliphatic rings. The van der Waals surface area contributed by atoms with E-state index in [1.54, 1.807) is 0 Å². The number of hydrogen-bond donors (Lipinski definition) is 0. The maximum Gasteiger partial charge on any atom is 2.00 e. The van der Waals surface area contributed by atoms with Crippen LogP contribution < -0.4 is 24.8 Å². The van der Waals surface area contributed by atoms with Gasteiger partial charge in [-0.15, -0.1) is 82.0 Å². The van der Waals surface area contributed by atoms with Crippen molar-refractivity contribution in [2.75, 3.05) is 0 Å². The Balaban J connectivity index is 0.000000200. The summed E-state index contributed by atoms with van der Waals surface area (Å²) in [6, 6.07) is 33.5. The Morgan fingerprint density at radius 1 is 0.475 bits per heavy atom. The molecule has 0 atom stereocenters. The van der Waals surface area contributed by atoms with Gasteiger partial charge < -0.3 is 24.8 Å². The van der Waals surface area contributed by atoms with Crippen LogP contribution >= 0.6 is 0 Å². The fourth-order valence-electron chi connectivity index (χ4n) is 5.79. The van der Waals surface area contributed by atoms with Gasteiger partial charge >= 0.3 is 52.4 Å². The standard InChI is InChI=1S/2C18H13.2ClH.2Zr/c2*1-2-6-13(5-1)14-9-10-18-16(11-14)12-15-7-3-4-8-17(15)18;;;;/h2*1-5,7-10H,6,12H2;2*1H;;/q2*-1;;;2*+2/p-2. The summed E-state index contributed by atoms with van der Waals surface area (Å²) >= 11 is 0. The molecule has 0 aromatic heterocycles. The van der Waals surface area contributed by atoms with Gasteiger partial charge in [-0.05, 0) is 36.8 Å². The molecule has 4 aromatic carbocycles. The SMILES string of the molecule is [Cl-].[Cl-].[Zr+2].[Zr+2].[c-]1c(C2=CC=CC2)ccc2c1Cc1ccccc1-2.[c-]1c(C2=CC=CC2)ccc2c1Cc1ccccc1-2. The van der Waals surface area contributed by atoms with Crippen molar-refractivity contribution in [2.45, 2.75) is 25.7 Å². The molecule has 8 rings (SSSR count). The molecule has 4 aromatic rings. The molecule has 0 aliphatic heterocycles. The molecule has 40 heavy (non-hydrogen) atoms. The summed E-state index contributed by atoms with van der Waals surface area (Å²) in [5.74, 6) is 0. The van der Waals surface area contributed by atoms with E-state index in [9.17, 15) is 0 Å². The Hall–Kier alpha value is -1.81. The Kier molecular flexibility index (Phi) is 11.8. The summed E-state index contributed by atoms with van der Waals surface area (Å²) in [5, 5.41) is 0. The minimum atomic E-state index is 0. The third-order valence-corrected chi connectivity index (χ3v) is 7.64. The summed E-state index contributed by atoms with van der Waals surface area (Å²) in [4.78, 5) is 0. The van der Waals surface area contributed by atoms with Gasteiger partial charge in [0.25, 0.3) is 0 Å². The first-order valence-electron chi connectivity index (χ1n) is 12.8. The maximum absolute atomic E-state index is 3.61. The van der Waals surface area contributed by atoms with Crippen molar-refractivity contribution in [3.8, 4) is 22.3 Å². The van der Waals surface area contributed by atoms with Crippen LogP contribution in [0.15, 0.2) is 109 Å². The van der Waals surface area contributed by atoms with Gasteiger partial charge in [-0.3, -0.25) is 0 Å². The molecule has 0 heterocycles. The second-order valence-corrected chi connectivity index (χ2v) is 9.84. The van der Waals surface area contributed by atoms with E-state index in [1.165, 1.54) is 66.8 Å². The van der Waals surface area contributed by atoms with Gasteiger partial charge in [0.1, 0.15) is 0 Å². The van der Waals surface area contributed by atoms with Crippen LogP contribution in [0.4, 0.5) is 0 Å². The van der Waals surface area contributed by atoms with Crippen molar-refractivity contribution in [2.24, 2.45) is 0 Å².